The van der Waals surface area contributed by atoms with Crippen LogP contribution < -0.4 is 11.1 Å². The first-order valence-corrected chi connectivity index (χ1v) is 6.23. The SMILES string of the molecule is CCCC(N)CCNC1(CC)CCC1. The Bertz CT molecular complexity index is 147. The zero-order valence-electron chi connectivity index (χ0n) is 9.81. The van der Waals surface area contributed by atoms with Crippen LogP contribution in [-0.4, -0.2) is 18.1 Å². The first-order chi connectivity index (χ1) is 6.72. The van der Waals surface area contributed by atoms with Crippen molar-refractivity contribution in [3.8, 4) is 0 Å². The van der Waals surface area contributed by atoms with Crippen LogP contribution in [0.3, 0.4) is 0 Å². The summed E-state index contributed by atoms with van der Waals surface area (Å²) in [7, 11) is 0. The molecule has 1 aliphatic carbocycles. The van der Waals surface area contributed by atoms with Crippen LogP contribution in [0.1, 0.15) is 58.8 Å². The molecule has 1 rings (SSSR count). The van der Waals surface area contributed by atoms with E-state index in [1.165, 1.54) is 38.5 Å². The summed E-state index contributed by atoms with van der Waals surface area (Å²) in [6.07, 6.45) is 8.92. The van der Waals surface area contributed by atoms with Crippen molar-refractivity contribution in [2.24, 2.45) is 5.73 Å². The van der Waals surface area contributed by atoms with Gasteiger partial charge in [0.2, 0.25) is 0 Å². The second-order valence-electron chi connectivity index (χ2n) is 4.75. The summed E-state index contributed by atoms with van der Waals surface area (Å²) in [6, 6.07) is 0.404. The first kappa shape index (κ1) is 12.0. The third kappa shape index (κ3) is 3.25. The Hall–Kier alpha value is -0.0800. The summed E-state index contributed by atoms with van der Waals surface area (Å²) >= 11 is 0. The molecule has 0 aromatic heterocycles. The highest BCUT2D eigenvalue weighted by Crippen LogP contribution is 2.34. The van der Waals surface area contributed by atoms with Gasteiger partial charge >= 0.3 is 0 Å². The van der Waals surface area contributed by atoms with E-state index in [0.29, 0.717) is 11.6 Å². The molecule has 0 radical (unpaired) electrons. The van der Waals surface area contributed by atoms with Gasteiger partial charge in [0.15, 0.2) is 0 Å². The minimum Gasteiger partial charge on any atom is -0.328 e. The van der Waals surface area contributed by atoms with E-state index in [0.717, 1.165) is 13.0 Å². The quantitative estimate of drug-likeness (QED) is 0.659. The molecule has 0 amide bonds. The average molecular weight is 198 g/mol. The molecule has 0 heterocycles. The predicted octanol–water partition coefficient (Wildman–Crippen LogP) is 2.43. The highest BCUT2D eigenvalue weighted by molar-refractivity contribution is 4.94. The van der Waals surface area contributed by atoms with Gasteiger partial charge < -0.3 is 11.1 Å². The normalized spacial score (nSPS) is 21.6. The van der Waals surface area contributed by atoms with Gasteiger partial charge in [-0.2, -0.15) is 0 Å². The van der Waals surface area contributed by atoms with Crippen molar-refractivity contribution in [2.45, 2.75) is 70.4 Å². The molecular weight excluding hydrogens is 172 g/mol. The molecule has 14 heavy (non-hydrogen) atoms. The fourth-order valence-electron chi connectivity index (χ4n) is 2.30. The Morgan fingerprint density at radius 3 is 2.43 bits per heavy atom. The minimum absolute atomic E-state index is 0.404. The highest BCUT2D eigenvalue weighted by Gasteiger charge is 2.33. The topological polar surface area (TPSA) is 38.0 Å². The van der Waals surface area contributed by atoms with Crippen molar-refractivity contribution >= 4 is 0 Å². The first-order valence-electron chi connectivity index (χ1n) is 6.23. The zero-order chi connectivity index (χ0) is 10.4. The Balaban J connectivity index is 2.08. The maximum absolute atomic E-state index is 5.97. The van der Waals surface area contributed by atoms with Crippen molar-refractivity contribution in [3.63, 3.8) is 0 Å². The molecule has 0 spiro atoms. The van der Waals surface area contributed by atoms with Gasteiger partial charge in [0.25, 0.3) is 0 Å². The summed E-state index contributed by atoms with van der Waals surface area (Å²) in [6.45, 7) is 5.60. The lowest BCUT2D eigenvalue weighted by molar-refractivity contribution is 0.176. The van der Waals surface area contributed by atoms with E-state index in [2.05, 4.69) is 19.2 Å². The number of nitrogens with one attached hydrogen (secondary N) is 1. The van der Waals surface area contributed by atoms with E-state index in [-0.39, 0.29) is 0 Å². The lowest BCUT2D eigenvalue weighted by Gasteiger charge is -2.42. The average Bonchev–Trinajstić information content (AvgIpc) is 2.10. The van der Waals surface area contributed by atoms with Gasteiger partial charge in [0.1, 0.15) is 0 Å². The fourth-order valence-corrected chi connectivity index (χ4v) is 2.30. The van der Waals surface area contributed by atoms with Crippen molar-refractivity contribution in [3.05, 3.63) is 0 Å². The van der Waals surface area contributed by atoms with Crippen molar-refractivity contribution < 1.29 is 0 Å². The smallest absolute Gasteiger partial charge is 0.0178 e. The monoisotopic (exact) mass is 198 g/mol. The second kappa shape index (κ2) is 5.72. The van der Waals surface area contributed by atoms with Crippen molar-refractivity contribution in [1.82, 2.24) is 5.32 Å². The number of hydrogen-bond donors (Lipinski definition) is 2. The number of rotatable bonds is 7. The molecule has 0 saturated heterocycles. The highest BCUT2D eigenvalue weighted by atomic mass is 15.0. The Morgan fingerprint density at radius 2 is 2.00 bits per heavy atom. The molecular formula is C12H26N2. The minimum atomic E-state index is 0.404. The van der Waals surface area contributed by atoms with Crippen LogP contribution in [0, 0.1) is 0 Å². The van der Waals surface area contributed by atoms with Crippen LogP contribution in [0.5, 0.6) is 0 Å². The van der Waals surface area contributed by atoms with Gasteiger partial charge in [-0.15, -0.1) is 0 Å². The predicted molar refractivity (Wildman–Crippen MR) is 62.4 cm³/mol. The van der Waals surface area contributed by atoms with Crippen LogP contribution in [0.15, 0.2) is 0 Å². The van der Waals surface area contributed by atoms with Crippen LogP contribution in [0.4, 0.5) is 0 Å². The second-order valence-corrected chi connectivity index (χ2v) is 4.75. The standard InChI is InChI=1S/C12H26N2/c1-3-6-11(13)7-10-14-12(4-2)8-5-9-12/h11,14H,3-10,13H2,1-2H3. The molecule has 1 unspecified atom stereocenters. The van der Waals surface area contributed by atoms with Gasteiger partial charge in [-0.25, -0.2) is 0 Å². The molecule has 2 heteroatoms. The van der Waals surface area contributed by atoms with Gasteiger partial charge in [0.05, 0.1) is 0 Å². The van der Waals surface area contributed by atoms with Crippen LogP contribution in [0.2, 0.25) is 0 Å². The van der Waals surface area contributed by atoms with E-state index in [4.69, 9.17) is 5.73 Å². The molecule has 0 bridgehead atoms. The van der Waals surface area contributed by atoms with Gasteiger partial charge in [0, 0.05) is 11.6 Å². The van der Waals surface area contributed by atoms with E-state index < -0.39 is 0 Å². The van der Waals surface area contributed by atoms with E-state index in [1.807, 2.05) is 0 Å². The summed E-state index contributed by atoms with van der Waals surface area (Å²) < 4.78 is 0. The molecule has 1 fully saturated rings. The maximum Gasteiger partial charge on any atom is 0.0178 e. The van der Waals surface area contributed by atoms with Crippen LogP contribution >= 0.6 is 0 Å². The van der Waals surface area contributed by atoms with Gasteiger partial charge in [-0.3, -0.25) is 0 Å². The third-order valence-corrected chi connectivity index (χ3v) is 3.66. The molecule has 2 nitrogen and oxygen atoms in total. The third-order valence-electron chi connectivity index (χ3n) is 3.66. The molecule has 84 valence electrons. The van der Waals surface area contributed by atoms with E-state index in [9.17, 15) is 0 Å². The summed E-state index contributed by atoms with van der Waals surface area (Å²) in [4.78, 5) is 0. The van der Waals surface area contributed by atoms with Crippen LogP contribution in [0.25, 0.3) is 0 Å². The number of hydrogen-bond acceptors (Lipinski definition) is 2. The van der Waals surface area contributed by atoms with Crippen LogP contribution in [-0.2, 0) is 0 Å². The summed E-state index contributed by atoms with van der Waals surface area (Å²) in [5.74, 6) is 0. The summed E-state index contributed by atoms with van der Waals surface area (Å²) in [5, 5.41) is 3.69. The molecule has 0 aliphatic heterocycles. The fraction of sp³-hybridized carbons (Fsp3) is 1.00. The van der Waals surface area contributed by atoms with E-state index in [1.54, 1.807) is 0 Å². The molecule has 3 N–H and O–H groups in total. The number of nitrogens with two attached hydrogens (primary N) is 1. The summed E-state index contributed by atoms with van der Waals surface area (Å²) in [5.41, 5.74) is 6.47. The Kier molecular flexibility index (Phi) is 4.90. The Labute approximate surface area is 88.6 Å². The van der Waals surface area contributed by atoms with Gasteiger partial charge in [-0.1, -0.05) is 20.3 Å². The lowest BCUT2D eigenvalue weighted by Crippen LogP contribution is -2.51. The lowest BCUT2D eigenvalue weighted by atomic mass is 9.75. The molecule has 0 aromatic carbocycles. The van der Waals surface area contributed by atoms with Crippen molar-refractivity contribution in [1.29, 1.82) is 0 Å². The largest absolute Gasteiger partial charge is 0.328 e. The maximum atomic E-state index is 5.97. The molecule has 1 saturated carbocycles. The molecule has 1 aliphatic rings. The Morgan fingerprint density at radius 1 is 1.29 bits per heavy atom. The van der Waals surface area contributed by atoms with E-state index >= 15 is 0 Å². The van der Waals surface area contributed by atoms with Gasteiger partial charge in [-0.05, 0) is 45.1 Å². The van der Waals surface area contributed by atoms with Crippen molar-refractivity contribution in [2.75, 3.05) is 6.54 Å². The molecule has 0 aromatic rings. The molecule has 1 atom stereocenters. The zero-order valence-corrected chi connectivity index (χ0v) is 9.81.